The SMILES string of the molecule is CCON(CCCOc1ccc(CC(=O)N2CCC(c3ccc(Cl)cc3)=N2)cc1)OCC. The summed E-state index contributed by atoms with van der Waals surface area (Å²) in [6.45, 7) is 6.73. The molecule has 172 valence electrons. The van der Waals surface area contributed by atoms with Crippen molar-refractivity contribution in [2.75, 3.05) is 32.9 Å². The lowest BCUT2D eigenvalue weighted by atomic mass is 10.1. The molecule has 0 atom stereocenters. The standard InChI is InChI=1S/C24H30ClN3O4/c1-3-31-28(32-4-2)15-5-17-30-22-12-6-19(7-13-22)18-24(29)27-16-14-23(26-27)20-8-10-21(25)11-9-20/h6-13H,3-5,14-18H2,1-2H3. The van der Waals surface area contributed by atoms with Gasteiger partial charge in [0.1, 0.15) is 5.75 Å². The predicted octanol–water partition coefficient (Wildman–Crippen LogP) is 4.49. The highest BCUT2D eigenvalue weighted by molar-refractivity contribution is 6.30. The zero-order valence-corrected chi connectivity index (χ0v) is 19.4. The molecule has 8 heteroatoms. The average molecular weight is 460 g/mol. The van der Waals surface area contributed by atoms with Crippen LogP contribution in [0.5, 0.6) is 5.75 Å². The van der Waals surface area contributed by atoms with Crippen LogP contribution in [0.2, 0.25) is 5.02 Å². The third-order valence-corrected chi connectivity index (χ3v) is 5.10. The zero-order chi connectivity index (χ0) is 22.8. The summed E-state index contributed by atoms with van der Waals surface area (Å²) < 4.78 is 5.78. The second kappa shape index (κ2) is 12.6. The lowest BCUT2D eigenvalue weighted by molar-refractivity contribution is -0.365. The van der Waals surface area contributed by atoms with Gasteiger partial charge in [0.25, 0.3) is 0 Å². The van der Waals surface area contributed by atoms with Gasteiger partial charge in [-0.2, -0.15) is 5.10 Å². The van der Waals surface area contributed by atoms with Crippen molar-refractivity contribution in [1.29, 1.82) is 0 Å². The van der Waals surface area contributed by atoms with Gasteiger partial charge in [-0.05, 0) is 55.7 Å². The van der Waals surface area contributed by atoms with E-state index in [1.54, 1.807) is 5.01 Å². The van der Waals surface area contributed by atoms with Crippen LogP contribution in [0.15, 0.2) is 53.6 Å². The van der Waals surface area contributed by atoms with E-state index in [4.69, 9.17) is 26.0 Å². The van der Waals surface area contributed by atoms with Crippen LogP contribution in [-0.2, 0) is 20.9 Å². The summed E-state index contributed by atoms with van der Waals surface area (Å²) in [5.74, 6) is 0.749. The van der Waals surface area contributed by atoms with Crippen molar-refractivity contribution in [3.05, 3.63) is 64.7 Å². The number of hydroxylamine groups is 2. The van der Waals surface area contributed by atoms with E-state index in [2.05, 4.69) is 5.10 Å². The Hall–Kier alpha value is -2.45. The van der Waals surface area contributed by atoms with Gasteiger partial charge in [-0.3, -0.25) is 14.5 Å². The van der Waals surface area contributed by atoms with Crippen LogP contribution < -0.4 is 4.74 Å². The maximum atomic E-state index is 12.7. The number of benzene rings is 2. The molecule has 2 aromatic carbocycles. The molecule has 0 spiro atoms. The summed E-state index contributed by atoms with van der Waals surface area (Å²) in [5.41, 5.74) is 2.83. The third-order valence-electron chi connectivity index (χ3n) is 4.85. The summed E-state index contributed by atoms with van der Waals surface area (Å²) in [6, 6.07) is 15.1. The Kier molecular flexibility index (Phi) is 9.49. The highest BCUT2D eigenvalue weighted by atomic mass is 35.5. The lowest BCUT2D eigenvalue weighted by Crippen LogP contribution is -2.26. The van der Waals surface area contributed by atoms with Crippen LogP contribution in [-0.4, -0.2) is 54.8 Å². The topological polar surface area (TPSA) is 63.6 Å². The van der Waals surface area contributed by atoms with Gasteiger partial charge < -0.3 is 4.74 Å². The number of carbonyl (C=O) groups is 1. The molecule has 0 aromatic heterocycles. The number of ether oxygens (including phenoxy) is 1. The number of hydrazone groups is 1. The van der Waals surface area contributed by atoms with Crippen LogP contribution in [0, 0.1) is 0 Å². The number of amides is 1. The van der Waals surface area contributed by atoms with E-state index in [0.29, 0.717) is 44.4 Å². The molecular formula is C24H30ClN3O4. The second-order valence-corrected chi connectivity index (χ2v) is 7.67. The van der Waals surface area contributed by atoms with Crippen molar-refractivity contribution in [2.24, 2.45) is 5.10 Å². The summed E-state index contributed by atoms with van der Waals surface area (Å²) in [7, 11) is 0. The summed E-state index contributed by atoms with van der Waals surface area (Å²) >= 11 is 5.94. The Morgan fingerprint density at radius 2 is 1.75 bits per heavy atom. The highest BCUT2D eigenvalue weighted by Gasteiger charge is 2.21. The maximum Gasteiger partial charge on any atom is 0.247 e. The number of hydrogen-bond donors (Lipinski definition) is 0. The Balaban J connectivity index is 1.44. The molecule has 1 heterocycles. The molecule has 2 aromatic rings. The van der Waals surface area contributed by atoms with Crippen LogP contribution in [0.25, 0.3) is 0 Å². The molecular weight excluding hydrogens is 430 g/mol. The first kappa shape index (κ1) is 24.2. The minimum atomic E-state index is -0.0189. The fourth-order valence-electron chi connectivity index (χ4n) is 3.29. The van der Waals surface area contributed by atoms with E-state index in [1.807, 2.05) is 62.4 Å². The molecule has 0 bridgehead atoms. The minimum Gasteiger partial charge on any atom is -0.494 e. The number of hydrogen-bond acceptors (Lipinski definition) is 6. The molecule has 1 aliphatic rings. The number of nitrogens with zero attached hydrogens (tertiary/aromatic N) is 3. The van der Waals surface area contributed by atoms with Gasteiger partial charge in [0.2, 0.25) is 5.91 Å². The van der Waals surface area contributed by atoms with Crippen molar-refractivity contribution in [3.8, 4) is 5.75 Å². The van der Waals surface area contributed by atoms with E-state index in [0.717, 1.165) is 35.4 Å². The second-order valence-electron chi connectivity index (χ2n) is 7.24. The van der Waals surface area contributed by atoms with E-state index < -0.39 is 0 Å². The van der Waals surface area contributed by atoms with Gasteiger partial charge >= 0.3 is 0 Å². The fraction of sp³-hybridized carbons (Fsp3) is 0.417. The summed E-state index contributed by atoms with van der Waals surface area (Å²) in [5, 5.41) is 8.24. The maximum absolute atomic E-state index is 12.7. The normalized spacial score (nSPS) is 13.5. The zero-order valence-electron chi connectivity index (χ0n) is 18.6. The van der Waals surface area contributed by atoms with E-state index in [-0.39, 0.29) is 5.91 Å². The van der Waals surface area contributed by atoms with Crippen molar-refractivity contribution in [1.82, 2.24) is 10.2 Å². The van der Waals surface area contributed by atoms with Gasteiger partial charge in [-0.15, -0.1) is 0 Å². The van der Waals surface area contributed by atoms with Gasteiger partial charge in [0.15, 0.2) is 0 Å². The summed E-state index contributed by atoms with van der Waals surface area (Å²) in [4.78, 5) is 23.4. The third kappa shape index (κ3) is 7.31. The van der Waals surface area contributed by atoms with Crippen LogP contribution in [0.3, 0.4) is 0 Å². The van der Waals surface area contributed by atoms with E-state index in [1.165, 1.54) is 5.23 Å². The summed E-state index contributed by atoms with van der Waals surface area (Å²) in [6.07, 6.45) is 1.81. The molecule has 0 N–H and O–H groups in total. The Morgan fingerprint density at radius 3 is 2.41 bits per heavy atom. The van der Waals surface area contributed by atoms with Crippen LogP contribution in [0.1, 0.15) is 37.8 Å². The number of halogens is 1. The first-order valence-electron chi connectivity index (χ1n) is 11.0. The van der Waals surface area contributed by atoms with Crippen LogP contribution >= 0.6 is 11.6 Å². The van der Waals surface area contributed by atoms with Crippen molar-refractivity contribution >= 4 is 23.2 Å². The van der Waals surface area contributed by atoms with E-state index >= 15 is 0 Å². The molecule has 0 saturated heterocycles. The molecule has 1 amide bonds. The van der Waals surface area contributed by atoms with Crippen molar-refractivity contribution in [2.45, 2.75) is 33.1 Å². The molecule has 0 unspecified atom stereocenters. The first-order chi connectivity index (χ1) is 15.6. The largest absolute Gasteiger partial charge is 0.494 e. The van der Waals surface area contributed by atoms with Gasteiger partial charge in [-0.1, -0.05) is 41.1 Å². The van der Waals surface area contributed by atoms with Crippen molar-refractivity contribution in [3.63, 3.8) is 0 Å². The molecule has 1 aliphatic heterocycles. The number of rotatable bonds is 12. The fourth-order valence-corrected chi connectivity index (χ4v) is 3.42. The monoisotopic (exact) mass is 459 g/mol. The highest BCUT2D eigenvalue weighted by Crippen LogP contribution is 2.18. The minimum absolute atomic E-state index is 0.0189. The Bertz CT molecular complexity index is 881. The first-order valence-corrected chi connectivity index (χ1v) is 11.4. The van der Waals surface area contributed by atoms with E-state index in [9.17, 15) is 4.79 Å². The smallest absolute Gasteiger partial charge is 0.247 e. The van der Waals surface area contributed by atoms with Crippen molar-refractivity contribution < 1.29 is 19.2 Å². The molecule has 7 nitrogen and oxygen atoms in total. The molecule has 0 saturated carbocycles. The molecule has 0 radical (unpaired) electrons. The molecule has 32 heavy (non-hydrogen) atoms. The van der Waals surface area contributed by atoms with Gasteiger partial charge in [0.05, 0.1) is 45.0 Å². The molecule has 0 fully saturated rings. The quantitative estimate of drug-likeness (QED) is 0.345. The predicted molar refractivity (Wildman–Crippen MR) is 125 cm³/mol. The van der Waals surface area contributed by atoms with Gasteiger partial charge in [-0.25, -0.2) is 5.01 Å². The Labute approximate surface area is 194 Å². The van der Waals surface area contributed by atoms with Crippen LogP contribution in [0.4, 0.5) is 0 Å². The molecule has 3 rings (SSSR count). The Morgan fingerprint density at radius 1 is 1.06 bits per heavy atom. The lowest BCUT2D eigenvalue weighted by Gasteiger charge is -2.19. The van der Waals surface area contributed by atoms with Gasteiger partial charge in [0, 0.05) is 11.4 Å². The molecule has 0 aliphatic carbocycles. The number of carbonyl (C=O) groups excluding carboxylic acids is 1. The average Bonchev–Trinajstić information content (AvgIpc) is 3.29.